The van der Waals surface area contributed by atoms with Crippen LogP contribution >= 0.6 is 34.4 Å². The van der Waals surface area contributed by atoms with Crippen molar-refractivity contribution >= 4 is 45.2 Å². The van der Waals surface area contributed by atoms with E-state index in [2.05, 4.69) is 30.8 Å². The Morgan fingerprint density at radius 3 is 2.96 bits per heavy atom. The summed E-state index contributed by atoms with van der Waals surface area (Å²) < 4.78 is 2.61. The third-order valence-electron chi connectivity index (χ3n) is 2.94. The molecule has 1 N–H and O–H groups in total. The Bertz CT molecular complexity index is 928. The maximum absolute atomic E-state index is 4.62. The van der Waals surface area contributed by atoms with Crippen LogP contribution in [0.5, 0.6) is 0 Å². The third kappa shape index (κ3) is 2.92. The molecular weight excluding hydrogens is 350 g/mol. The van der Waals surface area contributed by atoms with Crippen LogP contribution in [0.2, 0.25) is 0 Å². The van der Waals surface area contributed by atoms with Crippen molar-refractivity contribution in [1.82, 2.24) is 30.0 Å². The van der Waals surface area contributed by atoms with E-state index in [1.807, 2.05) is 35.9 Å². The van der Waals surface area contributed by atoms with Gasteiger partial charge < -0.3 is 5.32 Å². The molecular formula is C13H11N7S3. The summed E-state index contributed by atoms with van der Waals surface area (Å²) in [6, 6.07) is 5.83. The molecule has 0 aromatic carbocycles. The average molecular weight is 361 g/mol. The van der Waals surface area contributed by atoms with Crippen molar-refractivity contribution in [1.29, 1.82) is 0 Å². The summed E-state index contributed by atoms with van der Waals surface area (Å²) in [4.78, 5) is 0. The predicted octanol–water partition coefficient (Wildman–Crippen LogP) is 3.29. The molecule has 0 amide bonds. The summed E-state index contributed by atoms with van der Waals surface area (Å²) in [5.41, 5.74) is 1.74. The Hall–Kier alpha value is -2.04. The molecule has 0 unspecified atom stereocenters. The van der Waals surface area contributed by atoms with Crippen molar-refractivity contribution in [2.75, 3.05) is 11.9 Å². The quantitative estimate of drug-likeness (QED) is 0.584. The molecule has 4 rings (SSSR count). The van der Waals surface area contributed by atoms with E-state index in [9.17, 15) is 0 Å². The summed E-state index contributed by atoms with van der Waals surface area (Å²) in [5.74, 6) is 0.745. The second kappa shape index (κ2) is 6.22. The lowest BCUT2D eigenvalue weighted by Crippen LogP contribution is -1.95. The minimum Gasteiger partial charge on any atom is -0.360 e. The highest BCUT2D eigenvalue weighted by Crippen LogP contribution is 2.31. The predicted molar refractivity (Wildman–Crippen MR) is 92.3 cm³/mol. The van der Waals surface area contributed by atoms with Gasteiger partial charge in [0.05, 0.1) is 0 Å². The Morgan fingerprint density at radius 2 is 2.13 bits per heavy atom. The van der Waals surface area contributed by atoms with Crippen molar-refractivity contribution in [3.05, 3.63) is 29.0 Å². The molecule has 0 bridgehead atoms. The monoisotopic (exact) mass is 361 g/mol. The third-order valence-corrected chi connectivity index (χ3v) is 5.49. The van der Waals surface area contributed by atoms with Crippen LogP contribution in [0, 0.1) is 0 Å². The van der Waals surface area contributed by atoms with E-state index >= 15 is 0 Å². The van der Waals surface area contributed by atoms with Crippen LogP contribution in [0.3, 0.4) is 0 Å². The second-order valence-corrected chi connectivity index (χ2v) is 7.51. The summed E-state index contributed by atoms with van der Waals surface area (Å²) in [6.45, 7) is 2.86. The molecule has 10 heteroatoms. The summed E-state index contributed by atoms with van der Waals surface area (Å²) in [6.07, 6.45) is 0. The van der Waals surface area contributed by atoms with E-state index in [1.54, 1.807) is 15.9 Å². The summed E-state index contributed by atoms with van der Waals surface area (Å²) >= 11 is 4.61. The first-order valence-electron chi connectivity index (χ1n) is 6.84. The van der Waals surface area contributed by atoms with Gasteiger partial charge in [-0.2, -0.15) is 21.0 Å². The zero-order valence-corrected chi connectivity index (χ0v) is 14.5. The van der Waals surface area contributed by atoms with Gasteiger partial charge in [0.2, 0.25) is 5.13 Å². The topological polar surface area (TPSA) is 80.9 Å². The lowest BCUT2D eigenvalue weighted by Gasteiger charge is -1.99. The Kier molecular flexibility index (Phi) is 3.93. The summed E-state index contributed by atoms with van der Waals surface area (Å²) in [7, 11) is 0. The standard InChI is InChI=1S/C13H11N7S3/c1-2-14-12-17-18-13(23-12)22-10-4-3-9-15-16-11(20(9)19-10)8-5-6-21-7-8/h3-7H,2H2,1H3,(H,14,17). The van der Waals surface area contributed by atoms with Gasteiger partial charge in [-0.05, 0) is 42.3 Å². The van der Waals surface area contributed by atoms with Crippen molar-refractivity contribution in [2.24, 2.45) is 0 Å². The van der Waals surface area contributed by atoms with Gasteiger partial charge in [0, 0.05) is 17.5 Å². The molecule has 4 aromatic rings. The summed E-state index contributed by atoms with van der Waals surface area (Å²) in [5, 5.41) is 30.1. The molecule has 0 aliphatic heterocycles. The van der Waals surface area contributed by atoms with Gasteiger partial charge in [0.25, 0.3) is 0 Å². The van der Waals surface area contributed by atoms with E-state index < -0.39 is 0 Å². The highest BCUT2D eigenvalue weighted by molar-refractivity contribution is 8.01. The van der Waals surface area contributed by atoms with Crippen molar-refractivity contribution in [3.63, 3.8) is 0 Å². The fourth-order valence-electron chi connectivity index (χ4n) is 1.96. The SMILES string of the molecule is CCNc1nnc(Sc2ccc3nnc(-c4ccsc4)n3n2)s1. The number of hydrogen-bond donors (Lipinski definition) is 1. The van der Waals surface area contributed by atoms with Crippen LogP contribution in [0.1, 0.15) is 6.92 Å². The molecule has 4 heterocycles. The highest BCUT2D eigenvalue weighted by Gasteiger charge is 2.12. The molecule has 0 fully saturated rings. The molecule has 7 nitrogen and oxygen atoms in total. The van der Waals surface area contributed by atoms with E-state index in [4.69, 9.17) is 0 Å². The Balaban J connectivity index is 1.66. The van der Waals surface area contributed by atoms with Crippen LogP contribution in [0.25, 0.3) is 17.0 Å². The van der Waals surface area contributed by atoms with Crippen LogP contribution in [-0.4, -0.2) is 36.6 Å². The maximum atomic E-state index is 4.62. The molecule has 0 aliphatic carbocycles. The van der Waals surface area contributed by atoms with Gasteiger partial charge in [0.1, 0.15) is 5.03 Å². The largest absolute Gasteiger partial charge is 0.360 e. The molecule has 0 aliphatic rings. The fraction of sp³-hybridized carbons (Fsp3) is 0.154. The van der Waals surface area contributed by atoms with Gasteiger partial charge in [-0.15, -0.1) is 20.4 Å². The minimum atomic E-state index is 0.723. The lowest BCUT2D eigenvalue weighted by atomic mass is 10.3. The van der Waals surface area contributed by atoms with Crippen molar-refractivity contribution < 1.29 is 0 Å². The lowest BCUT2D eigenvalue weighted by molar-refractivity contribution is 0.859. The number of nitrogens with one attached hydrogen (secondary N) is 1. The number of rotatable bonds is 5. The number of nitrogens with zero attached hydrogens (tertiary/aromatic N) is 6. The van der Waals surface area contributed by atoms with Crippen molar-refractivity contribution in [3.8, 4) is 11.4 Å². The van der Waals surface area contributed by atoms with E-state index in [0.717, 1.165) is 38.1 Å². The van der Waals surface area contributed by atoms with Gasteiger partial charge >= 0.3 is 0 Å². The average Bonchev–Trinajstić information content (AvgIpc) is 3.27. The van der Waals surface area contributed by atoms with Gasteiger partial charge in [-0.25, -0.2) is 0 Å². The zero-order valence-electron chi connectivity index (χ0n) is 12.0. The molecule has 116 valence electrons. The maximum Gasteiger partial charge on any atom is 0.206 e. The van der Waals surface area contributed by atoms with Gasteiger partial charge in [0.15, 0.2) is 15.8 Å². The molecule has 4 aromatic heterocycles. The van der Waals surface area contributed by atoms with Crippen LogP contribution < -0.4 is 5.32 Å². The number of fused-ring (bicyclic) bond motifs is 1. The van der Waals surface area contributed by atoms with Gasteiger partial charge in [-0.1, -0.05) is 11.3 Å². The number of aromatic nitrogens is 6. The first-order chi connectivity index (χ1) is 11.3. The van der Waals surface area contributed by atoms with Crippen LogP contribution in [0.4, 0.5) is 5.13 Å². The van der Waals surface area contributed by atoms with Crippen LogP contribution in [0.15, 0.2) is 38.3 Å². The first-order valence-corrected chi connectivity index (χ1v) is 9.41. The molecule has 0 spiro atoms. The van der Waals surface area contributed by atoms with Crippen LogP contribution in [-0.2, 0) is 0 Å². The molecule has 23 heavy (non-hydrogen) atoms. The number of anilines is 1. The fourth-order valence-corrected chi connectivity index (χ4v) is 4.32. The molecule has 0 saturated heterocycles. The van der Waals surface area contributed by atoms with E-state index in [-0.39, 0.29) is 0 Å². The highest BCUT2D eigenvalue weighted by atomic mass is 32.2. The molecule has 0 radical (unpaired) electrons. The first kappa shape index (κ1) is 14.5. The zero-order chi connectivity index (χ0) is 15.6. The number of thiophene rings is 1. The Morgan fingerprint density at radius 1 is 1.17 bits per heavy atom. The smallest absolute Gasteiger partial charge is 0.206 e. The second-order valence-electron chi connectivity index (χ2n) is 4.48. The van der Waals surface area contributed by atoms with Gasteiger partial charge in [-0.3, -0.25) is 0 Å². The Labute approximate surface area is 143 Å². The van der Waals surface area contributed by atoms with Crippen molar-refractivity contribution in [2.45, 2.75) is 16.3 Å². The number of hydrogen-bond acceptors (Lipinski definition) is 9. The van der Waals surface area contributed by atoms with E-state index in [0.29, 0.717) is 0 Å². The molecule has 0 atom stereocenters. The van der Waals surface area contributed by atoms with E-state index in [1.165, 1.54) is 23.1 Å². The minimum absolute atomic E-state index is 0.723. The normalized spacial score (nSPS) is 11.2. The molecule has 0 saturated carbocycles.